The lowest BCUT2D eigenvalue weighted by Gasteiger charge is -2.11. The molecule has 27 heavy (non-hydrogen) atoms. The number of hydrogen-bond acceptors (Lipinski definition) is 5. The summed E-state index contributed by atoms with van der Waals surface area (Å²) in [4.78, 5) is 13.8. The summed E-state index contributed by atoms with van der Waals surface area (Å²) in [5.74, 6) is 0. The van der Waals surface area contributed by atoms with Crippen LogP contribution in [0.4, 0.5) is 0 Å². The number of nitrogens with zero attached hydrogens (tertiary/aromatic N) is 3. The molecule has 2 aromatic carbocycles. The van der Waals surface area contributed by atoms with Gasteiger partial charge in [0.15, 0.2) is 5.72 Å². The Balaban J connectivity index is 1.65. The molecule has 1 fully saturated rings. The van der Waals surface area contributed by atoms with E-state index in [1.54, 1.807) is 6.20 Å². The van der Waals surface area contributed by atoms with Gasteiger partial charge in [0.05, 0.1) is 29.5 Å². The van der Waals surface area contributed by atoms with Gasteiger partial charge >= 0.3 is 0 Å². The highest BCUT2D eigenvalue weighted by Gasteiger charge is 2.44. The van der Waals surface area contributed by atoms with Crippen molar-refractivity contribution in [3.8, 4) is 22.4 Å². The summed E-state index contributed by atoms with van der Waals surface area (Å²) < 4.78 is 5.30. The largest absolute Gasteiger partial charge is 0.347 e. The van der Waals surface area contributed by atoms with Crippen LogP contribution in [-0.2, 0) is 10.5 Å². The smallest absolute Gasteiger partial charge is 0.185 e. The Morgan fingerprint density at radius 2 is 1.74 bits per heavy atom. The van der Waals surface area contributed by atoms with Crippen molar-refractivity contribution >= 4 is 11.0 Å². The van der Waals surface area contributed by atoms with E-state index in [9.17, 15) is 0 Å². The first-order valence-corrected chi connectivity index (χ1v) is 8.86. The van der Waals surface area contributed by atoms with Crippen molar-refractivity contribution in [1.29, 1.82) is 0 Å². The maximum absolute atomic E-state index is 6.09. The highest BCUT2D eigenvalue weighted by molar-refractivity contribution is 5.87. The maximum Gasteiger partial charge on any atom is 0.185 e. The fraction of sp³-hybridized carbons (Fsp3) is 0.136. The summed E-state index contributed by atoms with van der Waals surface area (Å²) in [6.07, 6.45) is 1.69. The fourth-order valence-corrected chi connectivity index (χ4v) is 3.26. The van der Waals surface area contributed by atoms with Crippen molar-refractivity contribution in [3.05, 3.63) is 78.2 Å². The summed E-state index contributed by atoms with van der Waals surface area (Å²) in [5, 5.41) is 0. The Morgan fingerprint density at radius 3 is 2.52 bits per heavy atom. The molecular formula is C22H18N4O. The number of hydrogen-bond donors (Lipinski definition) is 1. The van der Waals surface area contributed by atoms with E-state index in [4.69, 9.17) is 10.5 Å². The fourth-order valence-electron chi connectivity index (χ4n) is 3.26. The van der Waals surface area contributed by atoms with Gasteiger partial charge in [-0.25, -0.2) is 4.98 Å². The second-order valence-corrected chi connectivity index (χ2v) is 6.85. The quantitative estimate of drug-likeness (QED) is 0.566. The first-order valence-electron chi connectivity index (χ1n) is 8.86. The molecule has 5 rings (SSSR count). The van der Waals surface area contributed by atoms with Gasteiger partial charge in [-0.15, -0.1) is 0 Å². The third-order valence-corrected chi connectivity index (χ3v) is 4.83. The molecule has 1 aliphatic rings. The Hall–Kier alpha value is -3.15. The van der Waals surface area contributed by atoms with E-state index < -0.39 is 5.72 Å². The highest BCUT2D eigenvalue weighted by Crippen LogP contribution is 2.34. The predicted molar refractivity (Wildman–Crippen MR) is 105 cm³/mol. The number of rotatable bonds is 3. The summed E-state index contributed by atoms with van der Waals surface area (Å²) in [6, 6.07) is 20.4. The topological polar surface area (TPSA) is 77.2 Å². The van der Waals surface area contributed by atoms with Gasteiger partial charge in [0.25, 0.3) is 0 Å². The minimum atomic E-state index is -0.777. The number of fused-ring (bicyclic) bond motifs is 1. The molecule has 0 spiro atoms. The number of benzene rings is 2. The van der Waals surface area contributed by atoms with Crippen LogP contribution >= 0.6 is 0 Å². The van der Waals surface area contributed by atoms with Crippen molar-refractivity contribution in [2.45, 2.75) is 12.6 Å². The van der Waals surface area contributed by atoms with Crippen molar-refractivity contribution in [2.24, 2.45) is 5.73 Å². The van der Waals surface area contributed by atoms with E-state index in [1.807, 2.05) is 49.4 Å². The van der Waals surface area contributed by atoms with Crippen LogP contribution < -0.4 is 5.73 Å². The molecule has 0 bridgehead atoms. The van der Waals surface area contributed by atoms with Crippen LogP contribution in [0.5, 0.6) is 0 Å². The minimum Gasteiger partial charge on any atom is -0.347 e. The monoisotopic (exact) mass is 354 g/mol. The van der Waals surface area contributed by atoms with E-state index in [0.717, 1.165) is 39.1 Å². The number of nitrogens with two attached hydrogens (primary N) is 1. The van der Waals surface area contributed by atoms with E-state index >= 15 is 0 Å². The molecule has 1 atom stereocenters. The zero-order chi connectivity index (χ0) is 18.4. The number of aryl methyl sites for hydroxylation is 1. The predicted octanol–water partition coefficient (Wildman–Crippen LogP) is 3.81. The van der Waals surface area contributed by atoms with Crippen molar-refractivity contribution in [3.63, 3.8) is 0 Å². The second kappa shape index (κ2) is 5.94. The Kier molecular flexibility index (Phi) is 3.53. The van der Waals surface area contributed by atoms with E-state index in [1.165, 1.54) is 0 Å². The van der Waals surface area contributed by atoms with Gasteiger partial charge in [0.1, 0.15) is 5.69 Å². The van der Waals surface area contributed by atoms with Crippen LogP contribution in [0.3, 0.4) is 0 Å². The lowest BCUT2D eigenvalue weighted by Crippen LogP contribution is -2.22. The van der Waals surface area contributed by atoms with Gasteiger partial charge < -0.3 is 4.74 Å². The van der Waals surface area contributed by atoms with E-state index in [2.05, 4.69) is 33.2 Å². The highest BCUT2D eigenvalue weighted by atomic mass is 16.6. The van der Waals surface area contributed by atoms with Crippen LogP contribution in [0.2, 0.25) is 0 Å². The summed E-state index contributed by atoms with van der Waals surface area (Å²) in [5.41, 5.74) is 12.8. The van der Waals surface area contributed by atoms with Crippen molar-refractivity contribution in [1.82, 2.24) is 15.0 Å². The molecule has 0 saturated carbocycles. The van der Waals surface area contributed by atoms with Crippen LogP contribution in [-0.4, -0.2) is 21.6 Å². The molecule has 4 aromatic rings. The van der Waals surface area contributed by atoms with Gasteiger partial charge in [-0.2, -0.15) is 0 Å². The Labute approximate surface area is 156 Å². The molecule has 1 saturated heterocycles. The normalized spacial score (nSPS) is 18.6. The van der Waals surface area contributed by atoms with E-state index in [0.29, 0.717) is 12.3 Å². The third-order valence-electron chi connectivity index (χ3n) is 4.83. The lowest BCUT2D eigenvalue weighted by molar-refractivity contribution is 0.310. The molecule has 0 aliphatic carbocycles. The SMILES string of the molecule is Cc1cccc(-c2ccccc2-c2ccc3ncc(C4(N)CO4)nc3c2)n1. The molecule has 1 unspecified atom stereocenters. The summed E-state index contributed by atoms with van der Waals surface area (Å²) in [6.45, 7) is 2.48. The number of pyridine rings is 1. The van der Waals surface area contributed by atoms with Crippen LogP contribution in [0.1, 0.15) is 11.4 Å². The molecule has 2 N–H and O–H groups in total. The number of aromatic nitrogens is 3. The van der Waals surface area contributed by atoms with Crippen molar-refractivity contribution < 1.29 is 4.74 Å². The van der Waals surface area contributed by atoms with E-state index in [-0.39, 0.29) is 0 Å². The van der Waals surface area contributed by atoms with Gasteiger partial charge in [0.2, 0.25) is 0 Å². The molecule has 3 heterocycles. The molecule has 2 aromatic heterocycles. The molecule has 1 aliphatic heterocycles. The first kappa shape index (κ1) is 16.1. The molecule has 5 heteroatoms. The summed E-state index contributed by atoms with van der Waals surface area (Å²) in [7, 11) is 0. The second-order valence-electron chi connectivity index (χ2n) is 6.85. The average molecular weight is 354 g/mol. The number of epoxide rings is 1. The van der Waals surface area contributed by atoms with Gasteiger partial charge in [-0.05, 0) is 42.3 Å². The number of ether oxygens (including phenoxy) is 1. The van der Waals surface area contributed by atoms with Crippen LogP contribution in [0.25, 0.3) is 33.4 Å². The molecular weight excluding hydrogens is 336 g/mol. The Morgan fingerprint density at radius 1 is 0.926 bits per heavy atom. The molecule has 0 radical (unpaired) electrons. The third kappa shape index (κ3) is 2.87. The Bertz CT molecular complexity index is 1170. The minimum absolute atomic E-state index is 0.481. The standard InChI is InChI=1S/C22H18N4O/c1-14-5-4-8-18(25-14)17-7-3-2-6-16(17)15-9-10-19-20(11-15)26-21(12-24-19)22(23)13-27-22/h2-12H,13,23H2,1H3. The first-order chi connectivity index (χ1) is 13.1. The average Bonchev–Trinajstić information content (AvgIpc) is 3.46. The molecule has 132 valence electrons. The van der Waals surface area contributed by atoms with Crippen molar-refractivity contribution in [2.75, 3.05) is 6.61 Å². The lowest BCUT2D eigenvalue weighted by atomic mass is 9.97. The molecule has 5 nitrogen and oxygen atoms in total. The van der Waals surface area contributed by atoms with Crippen LogP contribution in [0, 0.1) is 6.92 Å². The van der Waals surface area contributed by atoms with Crippen LogP contribution in [0.15, 0.2) is 66.9 Å². The molecule has 0 amide bonds. The van der Waals surface area contributed by atoms with Gasteiger partial charge in [0, 0.05) is 11.3 Å². The van der Waals surface area contributed by atoms with Gasteiger partial charge in [-0.3, -0.25) is 15.7 Å². The summed E-state index contributed by atoms with van der Waals surface area (Å²) >= 11 is 0. The van der Waals surface area contributed by atoms with Gasteiger partial charge in [-0.1, -0.05) is 36.4 Å². The zero-order valence-electron chi connectivity index (χ0n) is 14.9. The maximum atomic E-state index is 6.09. The zero-order valence-corrected chi connectivity index (χ0v) is 14.9.